The number of H-pyrrole nitrogens is 1. The summed E-state index contributed by atoms with van der Waals surface area (Å²) in [6.07, 6.45) is -0.218. The number of aromatic nitrogens is 2. The Morgan fingerprint density at radius 2 is 1.71 bits per heavy atom. The summed E-state index contributed by atoms with van der Waals surface area (Å²) in [4.78, 5) is 24.3. The van der Waals surface area contributed by atoms with Crippen molar-refractivity contribution in [2.24, 2.45) is 0 Å². The Kier molecular flexibility index (Phi) is 6.27. The number of nitrogens with one attached hydrogen (secondary N) is 1. The zero-order valence-electron chi connectivity index (χ0n) is 18.7. The summed E-state index contributed by atoms with van der Waals surface area (Å²) in [6, 6.07) is -0.104. The molecule has 4 rings (SSSR count). The van der Waals surface area contributed by atoms with Gasteiger partial charge in [0.25, 0.3) is 15.8 Å². The lowest BCUT2D eigenvalue weighted by atomic mass is 10.2. The highest BCUT2D eigenvalue weighted by Crippen LogP contribution is 2.28. The second kappa shape index (κ2) is 8.53. The molecule has 0 radical (unpaired) electrons. The van der Waals surface area contributed by atoms with Crippen molar-refractivity contribution in [3.05, 3.63) is 26.6 Å². The van der Waals surface area contributed by atoms with E-state index in [1.165, 1.54) is 11.3 Å². The van der Waals surface area contributed by atoms with Gasteiger partial charge in [-0.25, -0.2) is 4.98 Å². The van der Waals surface area contributed by atoms with E-state index >= 15 is 0 Å². The van der Waals surface area contributed by atoms with Gasteiger partial charge in [-0.3, -0.25) is 9.69 Å². The molecule has 0 bridgehead atoms. The average Bonchev–Trinajstić information content (AvgIpc) is 3.00. The zero-order chi connectivity index (χ0) is 22.5. The summed E-state index contributed by atoms with van der Waals surface area (Å²) in [7, 11) is -3.51. The molecule has 3 unspecified atom stereocenters. The average molecular weight is 470 g/mol. The highest BCUT2D eigenvalue weighted by molar-refractivity contribution is 7.86. The molecule has 0 amide bonds. The number of rotatable bonds is 4. The van der Waals surface area contributed by atoms with Gasteiger partial charge in [0, 0.05) is 44.1 Å². The van der Waals surface area contributed by atoms with Crippen molar-refractivity contribution in [2.45, 2.75) is 52.9 Å². The van der Waals surface area contributed by atoms with Gasteiger partial charge in [-0.15, -0.1) is 11.3 Å². The van der Waals surface area contributed by atoms with Crippen molar-refractivity contribution >= 4 is 31.8 Å². The van der Waals surface area contributed by atoms with Crippen LogP contribution in [0.25, 0.3) is 10.2 Å². The summed E-state index contributed by atoms with van der Waals surface area (Å²) in [5.74, 6) is 0.630. The third-order valence-electron chi connectivity index (χ3n) is 6.31. The number of morpholine rings is 1. The molecule has 2 aromatic heterocycles. The molecule has 9 nitrogen and oxygen atoms in total. The minimum absolute atomic E-state index is 0.104. The van der Waals surface area contributed by atoms with E-state index in [0.29, 0.717) is 50.5 Å². The Hall–Kier alpha value is -1.37. The maximum absolute atomic E-state index is 13.1. The van der Waals surface area contributed by atoms with Gasteiger partial charge in [-0.05, 0) is 40.2 Å². The van der Waals surface area contributed by atoms with Crippen molar-refractivity contribution < 1.29 is 13.2 Å². The van der Waals surface area contributed by atoms with Gasteiger partial charge in [0.05, 0.1) is 23.6 Å². The summed E-state index contributed by atoms with van der Waals surface area (Å²) in [6.45, 7) is 12.5. The summed E-state index contributed by atoms with van der Waals surface area (Å²) in [5.41, 5.74) is 0.879. The molecule has 2 aromatic rings. The maximum Gasteiger partial charge on any atom is 0.282 e. The smallest absolute Gasteiger partial charge is 0.282 e. The van der Waals surface area contributed by atoms with E-state index in [4.69, 9.17) is 9.72 Å². The van der Waals surface area contributed by atoms with E-state index in [1.54, 1.807) is 8.61 Å². The van der Waals surface area contributed by atoms with Crippen LogP contribution in [0.3, 0.4) is 0 Å². The lowest BCUT2D eigenvalue weighted by Crippen LogP contribution is -2.57. The van der Waals surface area contributed by atoms with Crippen LogP contribution in [0.5, 0.6) is 0 Å². The molecule has 2 saturated heterocycles. The van der Waals surface area contributed by atoms with Crippen molar-refractivity contribution in [2.75, 3.05) is 39.3 Å². The highest BCUT2D eigenvalue weighted by atomic mass is 32.2. The molecule has 2 aliphatic rings. The van der Waals surface area contributed by atoms with Crippen molar-refractivity contribution in [1.29, 1.82) is 0 Å². The summed E-state index contributed by atoms with van der Waals surface area (Å²) < 4.78 is 35.0. The van der Waals surface area contributed by atoms with Crippen LogP contribution in [-0.2, 0) is 14.9 Å². The fraction of sp³-hybridized carbons (Fsp3) is 0.700. The van der Waals surface area contributed by atoms with E-state index < -0.39 is 10.2 Å². The van der Waals surface area contributed by atoms with Gasteiger partial charge in [0.15, 0.2) is 0 Å². The lowest BCUT2D eigenvalue weighted by Gasteiger charge is -2.41. The molecule has 2 fully saturated rings. The monoisotopic (exact) mass is 469 g/mol. The van der Waals surface area contributed by atoms with Crippen molar-refractivity contribution in [3.8, 4) is 0 Å². The van der Waals surface area contributed by atoms with Crippen LogP contribution in [-0.4, -0.2) is 83.4 Å². The van der Waals surface area contributed by atoms with Gasteiger partial charge in [0.1, 0.15) is 10.7 Å². The Balaban J connectivity index is 1.46. The topological polar surface area (TPSA) is 98.8 Å². The number of aromatic amines is 1. The Bertz CT molecular complexity index is 1110. The normalized spacial score (nSPS) is 25.8. The Morgan fingerprint density at radius 1 is 1.10 bits per heavy atom. The molecule has 2 aliphatic heterocycles. The van der Waals surface area contributed by atoms with Gasteiger partial charge < -0.3 is 9.72 Å². The number of fused-ring (bicyclic) bond motifs is 1. The molecule has 0 saturated carbocycles. The quantitative estimate of drug-likeness (QED) is 0.731. The van der Waals surface area contributed by atoms with Gasteiger partial charge in [0.2, 0.25) is 0 Å². The number of hydrogen-bond donors (Lipinski definition) is 1. The largest absolute Gasteiger partial charge is 0.373 e. The first-order valence-corrected chi connectivity index (χ1v) is 12.9. The third kappa shape index (κ3) is 4.31. The SMILES string of the molecule is Cc1sc2nc(C(C)N3CCN(S(=O)(=O)N4CC(C)OC(C)C4)CC3)[nH]c(=O)c2c1C. The molecular weight excluding hydrogens is 438 g/mol. The molecule has 0 spiro atoms. The molecule has 31 heavy (non-hydrogen) atoms. The first-order chi connectivity index (χ1) is 14.6. The molecule has 0 aliphatic carbocycles. The third-order valence-corrected chi connectivity index (χ3v) is 9.38. The van der Waals surface area contributed by atoms with Crippen LogP contribution in [0.1, 0.15) is 43.1 Å². The van der Waals surface area contributed by atoms with E-state index in [9.17, 15) is 13.2 Å². The number of ether oxygens (including phenoxy) is 1. The summed E-state index contributed by atoms with van der Waals surface area (Å²) >= 11 is 1.54. The standard InChI is InChI=1S/C20H31N5O4S2/c1-12-10-25(11-13(2)29-12)31(27,28)24-8-6-23(7-9-24)15(4)18-21-19(26)17-14(3)16(5)30-20(17)22-18/h12-13,15H,6-11H2,1-5H3,(H,21,22,26). The Morgan fingerprint density at radius 3 is 2.32 bits per heavy atom. The highest BCUT2D eigenvalue weighted by Gasteiger charge is 2.37. The van der Waals surface area contributed by atoms with Gasteiger partial charge in [-0.2, -0.15) is 17.0 Å². The number of aryl methyl sites for hydroxylation is 2. The number of thiophene rings is 1. The second-order valence-electron chi connectivity index (χ2n) is 8.61. The van der Waals surface area contributed by atoms with E-state index in [1.807, 2.05) is 34.6 Å². The molecule has 4 heterocycles. The van der Waals surface area contributed by atoms with Crippen LogP contribution in [0.15, 0.2) is 4.79 Å². The van der Waals surface area contributed by atoms with Gasteiger partial charge >= 0.3 is 0 Å². The molecule has 172 valence electrons. The number of piperazine rings is 1. The number of hydrogen-bond acceptors (Lipinski definition) is 7. The predicted molar refractivity (Wildman–Crippen MR) is 122 cm³/mol. The van der Waals surface area contributed by atoms with Gasteiger partial charge in [-0.1, -0.05) is 0 Å². The minimum atomic E-state index is -3.51. The zero-order valence-corrected chi connectivity index (χ0v) is 20.3. The predicted octanol–water partition coefficient (Wildman–Crippen LogP) is 1.63. The van der Waals surface area contributed by atoms with Crippen LogP contribution in [0, 0.1) is 13.8 Å². The Labute approximate surface area is 187 Å². The molecule has 3 atom stereocenters. The fourth-order valence-electron chi connectivity index (χ4n) is 4.45. The maximum atomic E-state index is 13.1. The van der Waals surface area contributed by atoms with Crippen LogP contribution >= 0.6 is 11.3 Å². The molecule has 1 N–H and O–H groups in total. The first-order valence-electron chi connectivity index (χ1n) is 10.7. The second-order valence-corrected chi connectivity index (χ2v) is 11.7. The number of nitrogens with zero attached hydrogens (tertiary/aromatic N) is 4. The fourth-order valence-corrected chi connectivity index (χ4v) is 7.23. The molecule has 0 aromatic carbocycles. The van der Waals surface area contributed by atoms with E-state index in [-0.39, 0.29) is 23.8 Å². The minimum Gasteiger partial charge on any atom is -0.373 e. The van der Waals surface area contributed by atoms with E-state index in [2.05, 4.69) is 9.88 Å². The van der Waals surface area contributed by atoms with Crippen molar-refractivity contribution in [1.82, 2.24) is 23.5 Å². The van der Waals surface area contributed by atoms with Crippen LogP contribution < -0.4 is 5.56 Å². The van der Waals surface area contributed by atoms with Crippen molar-refractivity contribution in [3.63, 3.8) is 0 Å². The first kappa shape index (κ1) is 22.8. The summed E-state index contributed by atoms with van der Waals surface area (Å²) in [5, 5.41) is 0.670. The van der Waals surface area contributed by atoms with Crippen LogP contribution in [0.4, 0.5) is 0 Å². The lowest BCUT2D eigenvalue weighted by molar-refractivity contribution is -0.0458. The molecular formula is C20H31N5O4S2. The van der Waals surface area contributed by atoms with Crippen LogP contribution in [0.2, 0.25) is 0 Å². The van der Waals surface area contributed by atoms with E-state index in [0.717, 1.165) is 15.3 Å². The molecule has 11 heteroatoms.